The molecule has 1 aliphatic heterocycles. The van der Waals surface area contributed by atoms with Gasteiger partial charge in [-0.25, -0.2) is 9.78 Å². The van der Waals surface area contributed by atoms with Gasteiger partial charge >= 0.3 is 5.63 Å². The van der Waals surface area contributed by atoms with E-state index < -0.39 is 36.8 Å². The van der Waals surface area contributed by atoms with E-state index in [0.717, 1.165) is 0 Å². The SMILES string of the molecule is Nc1nc2c(ncn2[C@H]2O[C@H](CO)[C@H](O)[C@@H]2O)c(=O)o1. The standard InChI is InChI=1S/C10H12N4O6/c11-10-13-7-4(9(18)20-10)12-2-14(7)8-6(17)5(16)3(1-15)19-8/h2-3,5-6,8,15-17H,1H2,(H2,11,13)/t3-,5+,6+,8+/m1/s1. The molecule has 1 aliphatic rings. The van der Waals surface area contributed by atoms with Crippen LogP contribution >= 0.6 is 0 Å². The van der Waals surface area contributed by atoms with Crippen LogP contribution in [0.1, 0.15) is 6.23 Å². The van der Waals surface area contributed by atoms with Gasteiger partial charge in [0, 0.05) is 0 Å². The van der Waals surface area contributed by atoms with Crippen molar-refractivity contribution >= 4 is 17.2 Å². The molecule has 10 nitrogen and oxygen atoms in total. The Kier molecular flexibility index (Phi) is 2.94. The first-order valence-corrected chi connectivity index (χ1v) is 5.78. The Morgan fingerprint density at radius 1 is 1.40 bits per heavy atom. The van der Waals surface area contributed by atoms with Crippen LogP contribution in [0.15, 0.2) is 15.5 Å². The van der Waals surface area contributed by atoms with Crippen molar-refractivity contribution in [2.24, 2.45) is 0 Å². The number of nitrogens with two attached hydrogens (primary N) is 1. The average Bonchev–Trinajstić information content (AvgIpc) is 2.93. The molecule has 2 aromatic heterocycles. The number of fused-ring (bicyclic) bond motifs is 1. The van der Waals surface area contributed by atoms with E-state index >= 15 is 0 Å². The summed E-state index contributed by atoms with van der Waals surface area (Å²) < 4.78 is 11.2. The van der Waals surface area contributed by atoms with Crippen molar-refractivity contribution in [3.8, 4) is 0 Å². The maximum atomic E-state index is 11.5. The number of hydrogen-bond donors (Lipinski definition) is 4. The fourth-order valence-corrected chi connectivity index (χ4v) is 2.18. The summed E-state index contributed by atoms with van der Waals surface area (Å²) in [5.74, 6) is 0. The number of imidazole rings is 1. The monoisotopic (exact) mass is 284 g/mol. The van der Waals surface area contributed by atoms with E-state index in [-0.39, 0.29) is 17.2 Å². The fraction of sp³-hybridized carbons (Fsp3) is 0.500. The van der Waals surface area contributed by atoms with Crippen LogP contribution in [0.3, 0.4) is 0 Å². The number of aromatic nitrogens is 3. The van der Waals surface area contributed by atoms with Gasteiger partial charge in [0.25, 0.3) is 6.01 Å². The highest BCUT2D eigenvalue weighted by Crippen LogP contribution is 2.30. The van der Waals surface area contributed by atoms with Crippen molar-refractivity contribution in [2.45, 2.75) is 24.5 Å². The van der Waals surface area contributed by atoms with Crippen LogP contribution in [0.5, 0.6) is 0 Å². The molecule has 108 valence electrons. The smallest absolute Gasteiger partial charge is 0.368 e. The highest BCUT2D eigenvalue weighted by molar-refractivity contribution is 5.69. The Morgan fingerprint density at radius 2 is 2.15 bits per heavy atom. The Labute approximate surface area is 111 Å². The summed E-state index contributed by atoms with van der Waals surface area (Å²) in [5, 5.41) is 28.7. The van der Waals surface area contributed by atoms with E-state index in [2.05, 4.69) is 14.4 Å². The van der Waals surface area contributed by atoms with Crippen molar-refractivity contribution in [1.29, 1.82) is 0 Å². The minimum Gasteiger partial charge on any atom is -0.394 e. The second-order valence-electron chi connectivity index (χ2n) is 4.39. The molecule has 0 bridgehead atoms. The molecule has 1 fully saturated rings. The molecule has 0 spiro atoms. The zero-order valence-corrected chi connectivity index (χ0v) is 10.1. The van der Waals surface area contributed by atoms with Crippen LogP contribution < -0.4 is 11.4 Å². The van der Waals surface area contributed by atoms with Gasteiger partial charge in [-0.05, 0) is 0 Å². The van der Waals surface area contributed by atoms with Crippen LogP contribution in [0.4, 0.5) is 6.01 Å². The summed E-state index contributed by atoms with van der Waals surface area (Å²) in [6.07, 6.45) is -3.33. The number of nitrogens with zero attached hydrogens (tertiary/aromatic N) is 3. The van der Waals surface area contributed by atoms with Crippen LogP contribution in [0.25, 0.3) is 11.2 Å². The number of ether oxygens (including phenoxy) is 1. The van der Waals surface area contributed by atoms with Gasteiger partial charge in [0.05, 0.1) is 12.9 Å². The van der Waals surface area contributed by atoms with Crippen molar-refractivity contribution in [1.82, 2.24) is 14.5 Å². The molecule has 0 unspecified atom stereocenters. The lowest BCUT2D eigenvalue weighted by Crippen LogP contribution is -2.33. The molecule has 0 aliphatic carbocycles. The van der Waals surface area contributed by atoms with E-state index in [9.17, 15) is 15.0 Å². The zero-order valence-electron chi connectivity index (χ0n) is 10.1. The van der Waals surface area contributed by atoms with E-state index in [0.29, 0.717) is 0 Å². The van der Waals surface area contributed by atoms with Gasteiger partial charge in [-0.1, -0.05) is 0 Å². The Balaban J connectivity index is 2.09. The lowest BCUT2D eigenvalue weighted by Gasteiger charge is -2.16. The van der Waals surface area contributed by atoms with Crippen molar-refractivity contribution in [2.75, 3.05) is 12.3 Å². The molecule has 0 radical (unpaired) electrons. The van der Waals surface area contributed by atoms with E-state index in [1.807, 2.05) is 0 Å². The number of nitrogen functional groups attached to an aromatic ring is 1. The molecule has 5 N–H and O–H groups in total. The first-order valence-electron chi connectivity index (χ1n) is 5.78. The van der Waals surface area contributed by atoms with Crippen LogP contribution in [0.2, 0.25) is 0 Å². The summed E-state index contributed by atoms with van der Waals surface area (Å²) in [6.45, 7) is -0.459. The van der Waals surface area contributed by atoms with Crippen LogP contribution in [-0.4, -0.2) is 54.8 Å². The molecule has 4 atom stereocenters. The average molecular weight is 284 g/mol. The summed E-state index contributed by atoms with van der Waals surface area (Å²) in [7, 11) is 0. The van der Waals surface area contributed by atoms with Gasteiger partial charge in [-0.15, -0.1) is 0 Å². The summed E-state index contributed by atoms with van der Waals surface area (Å²) >= 11 is 0. The van der Waals surface area contributed by atoms with Gasteiger partial charge in [-0.2, -0.15) is 4.98 Å². The van der Waals surface area contributed by atoms with Crippen molar-refractivity contribution in [3.05, 3.63) is 16.7 Å². The first kappa shape index (κ1) is 13.0. The normalized spacial score (nSPS) is 30.1. The van der Waals surface area contributed by atoms with Crippen molar-refractivity contribution < 1.29 is 24.5 Å². The summed E-state index contributed by atoms with van der Waals surface area (Å²) in [6, 6.07) is -0.351. The first-order chi connectivity index (χ1) is 9.52. The minimum absolute atomic E-state index is 0.0635. The number of aliphatic hydroxyl groups is 3. The molecule has 10 heteroatoms. The lowest BCUT2D eigenvalue weighted by molar-refractivity contribution is -0.0511. The molecule has 0 amide bonds. The lowest BCUT2D eigenvalue weighted by atomic mass is 10.1. The third-order valence-corrected chi connectivity index (χ3v) is 3.17. The second-order valence-corrected chi connectivity index (χ2v) is 4.39. The predicted octanol–water partition coefficient (Wildman–Crippen LogP) is -2.42. The molecule has 0 saturated carbocycles. The fourth-order valence-electron chi connectivity index (χ4n) is 2.18. The highest BCUT2D eigenvalue weighted by atomic mass is 16.6. The Hall–Kier alpha value is -2.01. The summed E-state index contributed by atoms with van der Waals surface area (Å²) in [5.41, 5.74) is 4.58. The maximum absolute atomic E-state index is 11.5. The third kappa shape index (κ3) is 1.78. The zero-order chi connectivity index (χ0) is 14.4. The largest absolute Gasteiger partial charge is 0.394 e. The highest BCUT2D eigenvalue weighted by Gasteiger charge is 2.44. The quantitative estimate of drug-likeness (QED) is 0.471. The van der Waals surface area contributed by atoms with Crippen LogP contribution in [-0.2, 0) is 4.74 Å². The molecule has 0 aromatic carbocycles. The maximum Gasteiger partial charge on any atom is 0.368 e. The molecule has 1 saturated heterocycles. The van der Waals surface area contributed by atoms with Gasteiger partial charge < -0.3 is 30.2 Å². The number of aliphatic hydroxyl groups excluding tert-OH is 3. The van der Waals surface area contributed by atoms with E-state index in [4.69, 9.17) is 15.6 Å². The van der Waals surface area contributed by atoms with E-state index in [1.165, 1.54) is 10.9 Å². The Bertz CT molecular complexity index is 697. The van der Waals surface area contributed by atoms with Crippen LogP contribution in [0, 0.1) is 0 Å². The number of hydrogen-bond acceptors (Lipinski definition) is 9. The van der Waals surface area contributed by atoms with Gasteiger partial charge in [0.15, 0.2) is 17.4 Å². The molecule has 3 rings (SSSR count). The second kappa shape index (κ2) is 4.52. The van der Waals surface area contributed by atoms with Gasteiger partial charge in [0.2, 0.25) is 0 Å². The van der Waals surface area contributed by atoms with Gasteiger partial charge in [0.1, 0.15) is 18.3 Å². The predicted molar refractivity (Wildman–Crippen MR) is 63.5 cm³/mol. The molecule has 2 aromatic rings. The topological polar surface area (TPSA) is 157 Å². The third-order valence-electron chi connectivity index (χ3n) is 3.17. The Morgan fingerprint density at radius 3 is 2.80 bits per heavy atom. The van der Waals surface area contributed by atoms with E-state index in [1.54, 1.807) is 0 Å². The molecular weight excluding hydrogens is 272 g/mol. The molecular formula is C10H12N4O6. The minimum atomic E-state index is -1.31. The molecule has 3 heterocycles. The summed E-state index contributed by atoms with van der Waals surface area (Å²) in [4.78, 5) is 19.2. The number of rotatable bonds is 2. The molecule has 20 heavy (non-hydrogen) atoms. The van der Waals surface area contributed by atoms with Crippen molar-refractivity contribution in [3.63, 3.8) is 0 Å². The van der Waals surface area contributed by atoms with Gasteiger partial charge in [-0.3, -0.25) is 4.57 Å². The number of anilines is 1.